The van der Waals surface area contributed by atoms with E-state index in [0.29, 0.717) is 0 Å². The molecule has 0 saturated heterocycles. The molecule has 0 spiro atoms. The van der Waals surface area contributed by atoms with Gasteiger partial charge in [0.2, 0.25) is 0 Å². The van der Waals surface area contributed by atoms with Crippen molar-refractivity contribution in [2.24, 2.45) is 0 Å². The van der Waals surface area contributed by atoms with E-state index >= 15 is 0 Å². The van der Waals surface area contributed by atoms with Crippen molar-refractivity contribution in [3.8, 4) is 0 Å². The van der Waals surface area contributed by atoms with Crippen LogP contribution in [0.4, 0.5) is 5.82 Å². The molecular formula is C4H10N3O10P3. The topological polar surface area (TPSA) is 222 Å². The number of aromatic amines is 1. The number of hydrogen-bond acceptors (Lipinski definition) is 8. The number of phosphoric acid groups is 2. The first kappa shape index (κ1) is 19.1. The van der Waals surface area contributed by atoms with E-state index in [1.54, 1.807) is 0 Å². The Kier molecular flexibility index (Phi) is 7.45. The van der Waals surface area contributed by atoms with Crippen LogP contribution in [0.3, 0.4) is 0 Å². The monoisotopic (exact) mass is 353 g/mol. The molecular weight excluding hydrogens is 343 g/mol. The third-order valence-electron chi connectivity index (χ3n) is 1.09. The predicted octanol–water partition coefficient (Wildman–Crippen LogP) is -1.05. The van der Waals surface area contributed by atoms with Gasteiger partial charge in [0.1, 0.15) is 5.82 Å². The van der Waals surface area contributed by atoms with Crippen LogP contribution in [0.5, 0.6) is 0 Å². The SMILES string of the molecule is Nc1cc[nH]c(=O)n1.O=[PH](O)OP(=O)(O)OP(=O)(O)O. The number of H-pyrrole nitrogens is 1. The van der Waals surface area contributed by atoms with Gasteiger partial charge >= 0.3 is 29.6 Å². The van der Waals surface area contributed by atoms with Crippen molar-refractivity contribution in [1.29, 1.82) is 0 Å². The summed E-state index contributed by atoms with van der Waals surface area (Å²) < 4.78 is 36.5. The Morgan fingerprint density at radius 3 is 2.20 bits per heavy atom. The lowest BCUT2D eigenvalue weighted by atomic mass is 10.6. The van der Waals surface area contributed by atoms with Crippen LogP contribution < -0.4 is 11.4 Å². The Bertz CT molecular complexity index is 608. The second-order valence-corrected chi connectivity index (χ2v) is 6.55. The van der Waals surface area contributed by atoms with E-state index in [4.69, 9.17) is 25.3 Å². The van der Waals surface area contributed by atoms with E-state index in [2.05, 4.69) is 18.6 Å². The summed E-state index contributed by atoms with van der Waals surface area (Å²) in [7, 11) is -14.2. The molecule has 0 aliphatic rings. The number of rotatable bonds is 4. The van der Waals surface area contributed by atoms with Gasteiger partial charge < -0.3 is 30.3 Å². The van der Waals surface area contributed by atoms with Crippen LogP contribution >= 0.6 is 23.9 Å². The summed E-state index contributed by atoms with van der Waals surface area (Å²) in [6, 6.07) is 1.52. The van der Waals surface area contributed by atoms with Gasteiger partial charge in [-0.25, -0.2) is 18.2 Å². The zero-order valence-corrected chi connectivity index (χ0v) is 12.1. The Balaban J connectivity index is 0.000000388. The van der Waals surface area contributed by atoms with E-state index in [0.717, 1.165) is 0 Å². The van der Waals surface area contributed by atoms with Gasteiger partial charge in [0.25, 0.3) is 0 Å². The minimum atomic E-state index is -5.22. The predicted molar refractivity (Wildman–Crippen MR) is 64.5 cm³/mol. The van der Waals surface area contributed by atoms with Crippen molar-refractivity contribution in [3.63, 3.8) is 0 Å². The largest absolute Gasteiger partial charge is 0.488 e. The first-order chi connectivity index (χ1) is 8.91. The summed E-state index contributed by atoms with van der Waals surface area (Å²) in [5, 5.41) is 0. The molecule has 0 aliphatic carbocycles. The number of nitrogens with zero attached hydrogens (tertiary/aromatic N) is 1. The molecule has 16 heteroatoms. The molecule has 1 aromatic rings. The van der Waals surface area contributed by atoms with Gasteiger partial charge in [-0.3, -0.25) is 4.57 Å². The van der Waals surface area contributed by atoms with E-state index in [1.807, 2.05) is 0 Å². The van der Waals surface area contributed by atoms with Gasteiger partial charge in [0.05, 0.1) is 0 Å². The molecule has 13 nitrogen and oxygen atoms in total. The van der Waals surface area contributed by atoms with Crippen LogP contribution in [-0.2, 0) is 22.3 Å². The number of nitrogen functional groups attached to an aromatic ring is 1. The average Bonchev–Trinajstić information content (AvgIpc) is 2.10. The van der Waals surface area contributed by atoms with Crippen molar-refractivity contribution in [1.82, 2.24) is 9.97 Å². The summed E-state index contributed by atoms with van der Waals surface area (Å²) in [5.74, 6) is 0.244. The third-order valence-corrected chi connectivity index (χ3v) is 4.32. The molecule has 0 saturated carbocycles. The molecule has 0 aromatic carbocycles. The molecule has 116 valence electrons. The van der Waals surface area contributed by atoms with Gasteiger partial charge in [0, 0.05) is 6.20 Å². The van der Waals surface area contributed by atoms with Crippen molar-refractivity contribution in [2.75, 3.05) is 5.73 Å². The standard InChI is InChI=1S/C4H5N3O.H5O9P3/c5-3-1-2-6-4(8)7-3;1-10(2)8-12(6,7)9-11(3,4)5/h1-2H,(H3,5,6,7,8);10H,(H,1,2)(H,6,7)(H2,3,4,5). The van der Waals surface area contributed by atoms with Gasteiger partial charge in [-0.05, 0) is 6.07 Å². The lowest BCUT2D eigenvalue weighted by molar-refractivity contribution is 0.227. The fourth-order valence-corrected chi connectivity index (χ4v) is 2.93. The normalized spacial score (nSPS) is 15.6. The van der Waals surface area contributed by atoms with Crippen LogP contribution in [0.25, 0.3) is 0 Å². The summed E-state index contributed by atoms with van der Waals surface area (Å²) in [4.78, 5) is 48.1. The van der Waals surface area contributed by atoms with Gasteiger partial charge in [-0.1, -0.05) is 0 Å². The maximum atomic E-state index is 10.3. The van der Waals surface area contributed by atoms with Gasteiger partial charge in [-0.2, -0.15) is 9.29 Å². The number of aromatic nitrogens is 2. The second-order valence-electron chi connectivity index (χ2n) is 2.72. The summed E-state index contributed by atoms with van der Waals surface area (Å²) in [6.45, 7) is 0. The third kappa shape index (κ3) is 11.0. The minimum Gasteiger partial charge on any atom is -0.383 e. The molecule has 0 aliphatic heterocycles. The maximum absolute atomic E-state index is 10.3. The molecule has 2 atom stereocenters. The molecule has 1 heterocycles. The zero-order valence-electron chi connectivity index (χ0n) is 9.31. The Morgan fingerprint density at radius 2 is 1.90 bits per heavy atom. The van der Waals surface area contributed by atoms with E-state index in [9.17, 15) is 18.5 Å². The quantitative estimate of drug-likeness (QED) is 0.357. The van der Waals surface area contributed by atoms with Crippen LogP contribution in [0.1, 0.15) is 0 Å². The molecule has 20 heavy (non-hydrogen) atoms. The Labute approximate surface area is 111 Å². The number of nitrogens with two attached hydrogens (primary N) is 1. The lowest BCUT2D eigenvalue weighted by Gasteiger charge is -2.09. The van der Waals surface area contributed by atoms with E-state index in [-0.39, 0.29) is 5.82 Å². The highest BCUT2D eigenvalue weighted by molar-refractivity contribution is 7.64. The number of anilines is 1. The zero-order chi connectivity index (χ0) is 16.0. The molecule has 2 unspecified atom stereocenters. The van der Waals surface area contributed by atoms with Crippen molar-refractivity contribution in [3.05, 3.63) is 22.7 Å². The molecule has 0 radical (unpaired) electrons. The van der Waals surface area contributed by atoms with E-state index in [1.165, 1.54) is 12.3 Å². The molecule has 1 aromatic heterocycles. The number of nitrogens with one attached hydrogen (secondary N) is 1. The molecule has 1 rings (SSSR count). The first-order valence-electron chi connectivity index (χ1n) is 4.25. The van der Waals surface area contributed by atoms with Crippen molar-refractivity contribution in [2.45, 2.75) is 0 Å². The Morgan fingerprint density at radius 1 is 1.35 bits per heavy atom. The van der Waals surface area contributed by atoms with Gasteiger partial charge in [-0.15, -0.1) is 0 Å². The molecule has 7 N–H and O–H groups in total. The summed E-state index contributed by atoms with van der Waals surface area (Å²) in [6.07, 6.45) is 1.45. The highest BCUT2D eigenvalue weighted by Crippen LogP contribution is 2.60. The van der Waals surface area contributed by atoms with Gasteiger partial charge in [0.15, 0.2) is 0 Å². The van der Waals surface area contributed by atoms with Crippen molar-refractivity contribution >= 4 is 29.7 Å². The van der Waals surface area contributed by atoms with Crippen molar-refractivity contribution < 1.29 is 41.9 Å². The number of hydrogen-bond donors (Lipinski definition) is 6. The minimum absolute atomic E-state index is 0.244. The van der Waals surface area contributed by atoms with Crippen LogP contribution in [0.2, 0.25) is 0 Å². The molecule has 0 amide bonds. The fraction of sp³-hybridized carbons (Fsp3) is 0. The fourth-order valence-electron chi connectivity index (χ4n) is 0.635. The summed E-state index contributed by atoms with van der Waals surface area (Å²) >= 11 is 0. The van der Waals surface area contributed by atoms with E-state index < -0.39 is 29.6 Å². The summed E-state index contributed by atoms with van der Waals surface area (Å²) in [5.41, 5.74) is 4.72. The molecule has 0 fully saturated rings. The average molecular weight is 353 g/mol. The Hall–Kier alpha value is -0.870. The van der Waals surface area contributed by atoms with Crippen LogP contribution in [0.15, 0.2) is 17.1 Å². The molecule has 0 bridgehead atoms. The van der Waals surface area contributed by atoms with Crippen LogP contribution in [0, 0.1) is 0 Å². The first-order valence-corrected chi connectivity index (χ1v) is 8.53. The lowest BCUT2D eigenvalue weighted by Crippen LogP contribution is -2.10. The maximum Gasteiger partial charge on any atom is 0.488 e. The second kappa shape index (κ2) is 7.79. The highest BCUT2D eigenvalue weighted by atomic mass is 31.3. The smallest absolute Gasteiger partial charge is 0.383 e. The highest BCUT2D eigenvalue weighted by Gasteiger charge is 2.33. The van der Waals surface area contributed by atoms with Crippen LogP contribution in [-0.4, -0.2) is 29.5 Å².